The van der Waals surface area contributed by atoms with Gasteiger partial charge in [-0.25, -0.2) is 32.2 Å². The number of hydrogen-bond donors (Lipinski definition) is 2. The molecule has 14 heteroatoms. The van der Waals surface area contributed by atoms with Gasteiger partial charge in [-0.3, -0.25) is 4.79 Å². The van der Waals surface area contributed by atoms with Gasteiger partial charge in [0, 0.05) is 32.3 Å². The highest BCUT2D eigenvalue weighted by molar-refractivity contribution is 7.89. The number of amides is 3. The number of rotatable bonds is 16. The van der Waals surface area contributed by atoms with Crippen LogP contribution in [0.3, 0.4) is 0 Å². The van der Waals surface area contributed by atoms with E-state index >= 15 is 0 Å². The molecule has 1 heterocycles. The molecule has 4 rings (SSSR count). The molecule has 1 aliphatic carbocycles. The maximum Gasteiger partial charge on any atom is 0.417 e. The van der Waals surface area contributed by atoms with Crippen LogP contribution in [0, 0.1) is 5.92 Å². The summed E-state index contributed by atoms with van der Waals surface area (Å²) in [6, 6.07) is 18.4. The third-order valence-corrected chi connectivity index (χ3v) is 9.98. The summed E-state index contributed by atoms with van der Waals surface area (Å²) in [5.74, 6) is 0.0424. The first kappa shape index (κ1) is 38.3. The molecule has 3 aromatic rings. The summed E-state index contributed by atoms with van der Waals surface area (Å²) in [4.78, 5) is 40.7. The highest BCUT2D eigenvalue weighted by Gasteiger charge is 2.30. The molecule has 50 heavy (non-hydrogen) atoms. The van der Waals surface area contributed by atoms with Crippen molar-refractivity contribution in [3.05, 3.63) is 89.7 Å². The Hall–Kier alpha value is -4.53. The van der Waals surface area contributed by atoms with Crippen molar-refractivity contribution in [2.75, 3.05) is 34.0 Å². The van der Waals surface area contributed by atoms with Crippen LogP contribution in [0.25, 0.3) is 0 Å². The molecule has 0 bridgehead atoms. The van der Waals surface area contributed by atoms with E-state index in [0.29, 0.717) is 36.0 Å². The number of pyridine rings is 1. The highest BCUT2D eigenvalue weighted by Crippen LogP contribution is 2.24. The molecule has 1 fully saturated rings. The minimum absolute atomic E-state index is 0.0225. The van der Waals surface area contributed by atoms with E-state index in [-0.39, 0.29) is 36.8 Å². The summed E-state index contributed by atoms with van der Waals surface area (Å²) in [6.07, 6.45) is 4.81. The predicted octanol–water partition coefficient (Wildman–Crippen LogP) is 4.58. The van der Waals surface area contributed by atoms with E-state index in [1.54, 1.807) is 36.4 Å². The van der Waals surface area contributed by atoms with Crippen LogP contribution >= 0.6 is 0 Å². The van der Waals surface area contributed by atoms with Crippen LogP contribution in [-0.2, 0) is 43.9 Å². The van der Waals surface area contributed by atoms with Gasteiger partial charge in [0.1, 0.15) is 38.2 Å². The van der Waals surface area contributed by atoms with Gasteiger partial charge in [0.05, 0.1) is 17.6 Å². The number of benzene rings is 2. The average molecular weight is 712 g/mol. The number of carbonyl (C=O) groups excluding carboxylic acids is 3. The number of nitrogens with one attached hydrogen (secondary N) is 2. The number of aromatic nitrogens is 1. The normalized spacial score (nSPS) is 14.0. The van der Waals surface area contributed by atoms with Gasteiger partial charge in [-0.2, -0.15) is 0 Å². The zero-order valence-corrected chi connectivity index (χ0v) is 29.7. The van der Waals surface area contributed by atoms with Gasteiger partial charge < -0.3 is 24.3 Å². The minimum atomic E-state index is -3.70. The lowest BCUT2D eigenvalue weighted by Crippen LogP contribution is -2.44. The molecule has 0 spiro atoms. The van der Waals surface area contributed by atoms with Crippen LogP contribution in [0.4, 0.5) is 9.59 Å². The molecular weight excluding hydrogens is 664 g/mol. The maximum absolute atomic E-state index is 13.7. The molecule has 0 saturated heterocycles. The smallest absolute Gasteiger partial charge is 0.417 e. The SMILES string of the molecule is CC[n+]1ccccc1CN(C(=O)OCC(COC(=O)NCc1cccc(S(=O)(=O)NCC2CCCCC2)c1)OC)C(=O)c1ccccc1OC. The third-order valence-electron chi connectivity index (χ3n) is 8.56. The molecule has 0 aliphatic heterocycles. The molecule has 13 nitrogen and oxygen atoms in total. The molecule has 1 aliphatic rings. The molecule has 270 valence electrons. The molecule has 3 amide bonds. The van der Waals surface area contributed by atoms with E-state index in [0.717, 1.165) is 30.6 Å². The fraction of sp³-hybridized carbons (Fsp3) is 0.444. The zero-order valence-electron chi connectivity index (χ0n) is 28.8. The van der Waals surface area contributed by atoms with E-state index in [1.165, 1.54) is 32.8 Å². The molecule has 1 aromatic heterocycles. The monoisotopic (exact) mass is 711 g/mol. The molecule has 2 aromatic carbocycles. The first-order valence-corrected chi connectivity index (χ1v) is 18.2. The fourth-order valence-corrected chi connectivity index (χ4v) is 6.84. The second-order valence-electron chi connectivity index (χ2n) is 12.0. The van der Waals surface area contributed by atoms with Gasteiger partial charge in [0.25, 0.3) is 5.91 Å². The van der Waals surface area contributed by atoms with Crippen LogP contribution < -0.4 is 19.3 Å². The molecule has 0 radical (unpaired) electrons. The van der Waals surface area contributed by atoms with Crippen LogP contribution in [-0.4, -0.2) is 71.5 Å². The quantitative estimate of drug-likeness (QED) is 0.203. The van der Waals surface area contributed by atoms with Crippen LogP contribution in [0.15, 0.2) is 77.8 Å². The van der Waals surface area contributed by atoms with Crippen LogP contribution in [0.2, 0.25) is 0 Å². The summed E-state index contributed by atoms with van der Waals surface area (Å²) < 4.78 is 51.9. The number of para-hydroxylation sites is 1. The Morgan fingerprint density at radius 2 is 1.68 bits per heavy atom. The number of nitrogens with zero attached hydrogens (tertiary/aromatic N) is 2. The van der Waals surface area contributed by atoms with E-state index in [2.05, 4.69) is 10.0 Å². The number of carbonyl (C=O) groups is 3. The number of methoxy groups -OCH3 is 2. The van der Waals surface area contributed by atoms with Crippen molar-refractivity contribution in [1.82, 2.24) is 14.9 Å². The maximum atomic E-state index is 13.7. The summed E-state index contributed by atoms with van der Waals surface area (Å²) in [5, 5.41) is 2.60. The average Bonchev–Trinajstić information content (AvgIpc) is 3.15. The van der Waals surface area contributed by atoms with Crippen LogP contribution in [0.1, 0.15) is 60.6 Å². The van der Waals surface area contributed by atoms with Gasteiger partial charge in [-0.1, -0.05) is 49.6 Å². The van der Waals surface area contributed by atoms with Gasteiger partial charge in [-0.05, 0) is 55.5 Å². The largest absolute Gasteiger partial charge is 0.496 e. The van der Waals surface area contributed by atoms with Crippen molar-refractivity contribution in [3.63, 3.8) is 0 Å². The Morgan fingerprint density at radius 1 is 0.940 bits per heavy atom. The lowest BCUT2D eigenvalue weighted by molar-refractivity contribution is -0.701. The highest BCUT2D eigenvalue weighted by atomic mass is 32.2. The van der Waals surface area contributed by atoms with Gasteiger partial charge >= 0.3 is 12.2 Å². The Balaban J connectivity index is 1.31. The fourth-order valence-electron chi connectivity index (χ4n) is 5.66. The Morgan fingerprint density at radius 3 is 2.42 bits per heavy atom. The number of sulfonamides is 1. The lowest BCUT2D eigenvalue weighted by Gasteiger charge is -2.22. The van der Waals surface area contributed by atoms with Crippen LogP contribution in [0.5, 0.6) is 5.75 Å². The molecule has 1 saturated carbocycles. The van der Waals surface area contributed by atoms with Crippen molar-refractivity contribution in [3.8, 4) is 5.75 Å². The summed E-state index contributed by atoms with van der Waals surface area (Å²) in [6.45, 7) is 2.36. The number of imide groups is 1. The lowest BCUT2D eigenvalue weighted by atomic mass is 9.90. The number of alkyl carbamates (subject to hydrolysis) is 1. The summed E-state index contributed by atoms with van der Waals surface area (Å²) in [7, 11) is -0.881. The Bertz CT molecular complexity index is 1700. The zero-order chi connectivity index (χ0) is 35.9. The minimum Gasteiger partial charge on any atom is -0.496 e. The van der Waals surface area contributed by atoms with Gasteiger partial charge in [0.2, 0.25) is 15.7 Å². The third kappa shape index (κ3) is 11.0. The number of ether oxygens (including phenoxy) is 4. The van der Waals surface area contributed by atoms with Gasteiger partial charge in [0.15, 0.2) is 6.20 Å². The van der Waals surface area contributed by atoms with Crippen molar-refractivity contribution < 1.29 is 46.3 Å². The number of hydrogen-bond acceptors (Lipinski definition) is 9. The van der Waals surface area contributed by atoms with E-state index in [1.807, 2.05) is 35.9 Å². The Labute approximate surface area is 293 Å². The van der Waals surface area contributed by atoms with Crippen molar-refractivity contribution >= 4 is 28.1 Å². The second kappa shape index (κ2) is 19.0. The predicted molar refractivity (Wildman–Crippen MR) is 184 cm³/mol. The molecule has 1 unspecified atom stereocenters. The van der Waals surface area contributed by atoms with Gasteiger partial charge in [-0.15, -0.1) is 0 Å². The van der Waals surface area contributed by atoms with E-state index in [9.17, 15) is 22.8 Å². The summed E-state index contributed by atoms with van der Waals surface area (Å²) in [5.41, 5.74) is 1.47. The second-order valence-corrected chi connectivity index (χ2v) is 13.7. The summed E-state index contributed by atoms with van der Waals surface area (Å²) >= 11 is 0. The molecule has 1 atom stereocenters. The van der Waals surface area contributed by atoms with Crippen molar-refractivity contribution in [2.24, 2.45) is 5.92 Å². The van der Waals surface area contributed by atoms with Crippen molar-refractivity contribution in [2.45, 2.75) is 69.7 Å². The van der Waals surface area contributed by atoms with E-state index in [4.69, 9.17) is 18.9 Å². The first-order valence-electron chi connectivity index (χ1n) is 16.8. The van der Waals surface area contributed by atoms with Crippen molar-refractivity contribution in [1.29, 1.82) is 0 Å². The standard InChI is InChI=1S/C36H46N4O9S/c1-4-39-20-11-10-16-29(39)24-40(34(41)32-18-8-9-19-33(32)47-3)36(43)49-26-30(46-2)25-48-35(42)37-22-28-15-12-17-31(21-28)50(44,45)38-23-27-13-6-5-7-14-27/h8-12,15-21,27,30,38H,4-7,13-14,22-26H2,1-3H3/p+1. The topological polar surface area (TPSA) is 153 Å². The molecular formula is C36H47N4O9S+. The number of aryl methyl sites for hydroxylation is 1. The molecule has 2 N–H and O–H groups in total. The Kier molecular flexibility index (Phi) is 14.6. The first-order chi connectivity index (χ1) is 24.1. The van der Waals surface area contributed by atoms with E-state index < -0.39 is 34.2 Å².